The Kier molecular flexibility index (Phi) is 6.76. The third kappa shape index (κ3) is 5.04. The zero-order valence-corrected chi connectivity index (χ0v) is 22.2. The molecule has 40 heavy (non-hydrogen) atoms. The molecule has 0 aliphatic carbocycles. The summed E-state index contributed by atoms with van der Waals surface area (Å²) in [6, 6.07) is 24.3. The van der Waals surface area contributed by atoms with Crippen LogP contribution in [0, 0.1) is 6.92 Å². The Balaban J connectivity index is 1.42. The summed E-state index contributed by atoms with van der Waals surface area (Å²) in [6.07, 6.45) is 2.24. The number of hydrogen-bond donors (Lipinski definition) is 2. The van der Waals surface area contributed by atoms with Gasteiger partial charge in [0.25, 0.3) is 11.5 Å². The van der Waals surface area contributed by atoms with Crippen LogP contribution in [-0.4, -0.2) is 37.4 Å². The molecule has 8 nitrogen and oxygen atoms in total. The van der Waals surface area contributed by atoms with Gasteiger partial charge in [0.05, 0.1) is 21.9 Å². The van der Waals surface area contributed by atoms with Gasteiger partial charge in [0, 0.05) is 47.1 Å². The Bertz CT molecular complexity index is 1960. The lowest BCUT2D eigenvalue weighted by Gasteiger charge is -2.12. The van der Waals surface area contributed by atoms with Gasteiger partial charge in [-0.15, -0.1) is 0 Å². The van der Waals surface area contributed by atoms with E-state index in [1.165, 1.54) is 6.07 Å². The predicted molar refractivity (Wildman–Crippen MR) is 156 cm³/mol. The number of nitrogens with zero attached hydrogens (tertiary/aromatic N) is 4. The standard InChI is InChI=1S/C31H23ClN6O2/c1-18-7-5-11-22(35-18)12-14-34-30(39)23-17-25-29(38-31(23)40)37-27(19-8-3-2-4-9-19)28(36-25)21-15-20-10-6-13-33-26(20)24(32)16-21/h2-11,13,15-17H,12,14H2,1H3,(H,34,39)(H,37,38,40). The zero-order chi connectivity index (χ0) is 27.6. The lowest BCUT2D eigenvalue weighted by atomic mass is 10.0. The maximum absolute atomic E-state index is 13.0. The molecular weight excluding hydrogens is 524 g/mol. The molecular formula is C31H23ClN6O2. The van der Waals surface area contributed by atoms with Crippen molar-refractivity contribution in [3.63, 3.8) is 0 Å². The van der Waals surface area contributed by atoms with Gasteiger partial charge in [0.1, 0.15) is 11.1 Å². The summed E-state index contributed by atoms with van der Waals surface area (Å²) >= 11 is 6.60. The number of H-pyrrole nitrogens is 1. The molecule has 6 rings (SSSR count). The van der Waals surface area contributed by atoms with Crippen LogP contribution in [0.3, 0.4) is 0 Å². The molecule has 0 unspecified atom stereocenters. The third-order valence-corrected chi connectivity index (χ3v) is 6.80. The molecule has 0 saturated carbocycles. The number of pyridine rings is 3. The van der Waals surface area contributed by atoms with Crippen molar-refractivity contribution >= 4 is 39.6 Å². The monoisotopic (exact) mass is 546 g/mol. The zero-order valence-electron chi connectivity index (χ0n) is 21.5. The highest BCUT2D eigenvalue weighted by molar-refractivity contribution is 6.35. The van der Waals surface area contributed by atoms with Gasteiger partial charge in [0.2, 0.25) is 0 Å². The summed E-state index contributed by atoms with van der Waals surface area (Å²) in [5.74, 6) is -0.494. The fourth-order valence-corrected chi connectivity index (χ4v) is 4.88. The molecule has 0 aliphatic rings. The van der Waals surface area contributed by atoms with Gasteiger partial charge in [-0.3, -0.25) is 19.6 Å². The van der Waals surface area contributed by atoms with Crippen LogP contribution in [0.5, 0.6) is 0 Å². The topological polar surface area (TPSA) is 114 Å². The number of rotatable bonds is 6. The van der Waals surface area contributed by atoms with Crippen molar-refractivity contribution in [1.29, 1.82) is 0 Å². The molecule has 2 N–H and O–H groups in total. The van der Waals surface area contributed by atoms with Crippen molar-refractivity contribution < 1.29 is 4.79 Å². The number of aryl methyl sites for hydroxylation is 1. The summed E-state index contributed by atoms with van der Waals surface area (Å²) in [4.78, 5) is 47.2. The van der Waals surface area contributed by atoms with E-state index in [2.05, 4.69) is 20.3 Å². The Morgan fingerprint density at radius 2 is 1.73 bits per heavy atom. The van der Waals surface area contributed by atoms with E-state index < -0.39 is 11.5 Å². The number of carbonyl (C=O) groups is 1. The second kappa shape index (κ2) is 10.7. The van der Waals surface area contributed by atoms with Crippen LogP contribution < -0.4 is 10.9 Å². The Morgan fingerprint density at radius 3 is 2.55 bits per heavy atom. The Labute approximate surface area is 234 Å². The number of hydrogen-bond acceptors (Lipinski definition) is 6. The molecule has 0 radical (unpaired) electrons. The largest absolute Gasteiger partial charge is 0.351 e. The van der Waals surface area contributed by atoms with Gasteiger partial charge >= 0.3 is 0 Å². The highest BCUT2D eigenvalue weighted by Crippen LogP contribution is 2.34. The maximum Gasteiger partial charge on any atom is 0.262 e. The smallest absolute Gasteiger partial charge is 0.262 e. The lowest BCUT2D eigenvalue weighted by Crippen LogP contribution is -2.31. The van der Waals surface area contributed by atoms with E-state index in [9.17, 15) is 9.59 Å². The minimum absolute atomic E-state index is 0.0434. The molecule has 0 spiro atoms. The van der Waals surface area contributed by atoms with E-state index in [0.29, 0.717) is 40.4 Å². The van der Waals surface area contributed by atoms with E-state index in [-0.39, 0.29) is 11.2 Å². The first-order valence-corrected chi connectivity index (χ1v) is 13.1. The summed E-state index contributed by atoms with van der Waals surface area (Å²) in [5, 5.41) is 4.15. The molecule has 0 atom stereocenters. The molecule has 4 aromatic heterocycles. The van der Waals surface area contributed by atoms with Gasteiger partial charge in [-0.2, -0.15) is 0 Å². The van der Waals surface area contributed by atoms with Gasteiger partial charge in [-0.25, -0.2) is 9.97 Å². The number of amides is 1. The quantitative estimate of drug-likeness (QED) is 0.284. The molecule has 9 heteroatoms. The molecule has 4 heterocycles. The number of halogens is 1. The third-order valence-electron chi connectivity index (χ3n) is 6.52. The van der Waals surface area contributed by atoms with Gasteiger partial charge in [0.15, 0.2) is 5.65 Å². The van der Waals surface area contributed by atoms with E-state index >= 15 is 0 Å². The van der Waals surface area contributed by atoms with Crippen LogP contribution >= 0.6 is 11.6 Å². The second-order valence-corrected chi connectivity index (χ2v) is 9.75. The van der Waals surface area contributed by atoms with E-state index in [1.807, 2.05) is 73.7 Å². The predicted octanol–water partition coefficient (Wildman–Crippen LogP) is 5.53. The van der Waals surface area contributed by atoms with Crippen molar-refractivity contribution in [3.8, 4) is 22.5 Å². The lowest BCUT2D eigenvalue weighted by molar-refractivity contribution is 0.0952. The minimum atomic E-state index is -0.542. The van der Waals surface area contributed by atoms with Crippen molar-refractivity contribution in [2.45, 2.75) is 13.3 Å². The number of aromatic nitrogens is 5. The molecule has 0 aliphatic heterocycles. The number of fused-ring (bicyclic) bond motifs is 2. The van der Waals surface area contributed by atoms with E-state index in [1.54, 1.807) is 12.3 Å². The van der Waals surface area contributed by atoms with Crippen molar-refractivity contribution in [3.05, 3.63) is 117 Å². The van der Waals surface area contributed by atoms with Crippen molar-refractivity contribution in [1.82, 2.24) is 30.2 Å². The fraction of sp³-hybridized carbons (Fsp3) is 0.0968. The maximum atomic E-state index is 13.0. The van der Waals surface area contributed by atoms with Crippen LogP contribution in [0.4, 0.5) is 0 Å². The van der Waals surface area contributed by atoms with E-state index in [0.717, 1.165) is 27.9 Å². The average Bonchev–Trinajstić information content (AvgIpc) is 2.96. The molecule has 0 saturated heterocycles. The Hall–Kier alpha value is -4.95. The molecule has 1 amide bonds. The molecule has 2 aromatic carbocycles. The number of benzene rings is 2. The van der Waals surface area contributed by atoms with Crippen molar-refractivity contribution in [2.75, 3.05) is 6.54 Å². The van der Waals surface area contributed by atoms with Crippen molar-refractivity contribution in [2.24, 2.45) is 0 Å². The molecule has 0 bridgehead atoms. The first kappa shape index (κ1) is 25.3. The molecule has 196 valence electrons. The van der Waals surface area contributed by atoms with E-state index in [4.69, 9.17) is 21.6 Å². The minimum Gasteiger partial charge on any atom is -0.351 e. The van der Waals surface area contributed by atoms with Gasteiger partial charge in [-0.05, 0) is 43.3 Å². The molecule has 0 fully saturated rings. The summed E-state index contributed by atoms with van der Waals surface area (Å²) in [5.41, 5.74) is 5.22. The Morgan fingerprint density at radius 1 is 0.900 bits per heavy atom. The molecule has 6 aromatic rings. The number of aromatic amines is 1. The number of nitrogens with one attached hydrogen (secondary N) is 2. The first-order chi connectivity index (χ1) is 19.5. The second-order valence-electron chi connectivity index (χ2n) is 9.34. The average molecular weight is 547 g/mol. The van der Waals surface area contributed by atoms with Crippen LogP contribution in [0.2, 0.25) is 5.02 Å². The van der Waals surface area contributed by atoms with Crippen LogP contribution in [0.25, 0.3) is 44.6 Å². The number of carbonyl (C=O) groups excluding carboxylic acids is 1. The normalized spacial score (nSPS) is 11.2. The summed E-state index contributed by atoms with van der Waals surface area (Å²) < 4.78 is 0. The highest BCUT2D eigenvalue weighted by atomic mass is 35.5. The fourth-order valence-electron chi connectivity index (χ4n) is 4.61. The summed E-state index contributed by atoms with van der Waals surface area (Å²) in [6.45, 7) is 2.25. The van der Waals surface area contributed by atoms with Crippen LogP contribution in [0.1, 0.15) is 21.7 Å². The summed E-state index contributed by atoms with van der Waals surface area (Å²) in [7, 11) is 0. The highest BCUT2D eigenvalue weighted by Gasteiger charge is 2.18. The first-order valence-electron chi connectivity index (χ1n) is 12.7. The van der Waals surface area contributed by atoms with Crippen LogP contribution in [0.15, 0.2) is 89.9 Å². The van der Waals surface area contributed by atoms with Gasteiger partial charge < -0.3 is 10.3 Å². The van der Waals surface area contributed by atoms with Gasteiger partial charge in [-0.1, -0.05) is 54.1 Å². The SMILES string of the molecule is Cc1cccc(CCNC(=O)c2cc3nc(-c4cc(Cl)c5ncccc5c4)c(-c4ccccc4)nc3[nH]c2=O)n1. The van der Waals surface area contributed by atoms with Crippen LogP contribution in [-0.2, 0) is 6.42 Å².